The molecule has 3 heterocycles. The molecule has 1 amide bonds. The summed E-state index contributed by atoms with van der Waals surface area (Å²) in [5.41, 5.74) is -3.13. The summed E-state index contributed by atoms with van der Waals surface area (Å²) in [6, 6.07) is 0.778. The summed E-state index contributed by atoms with van der Waals surface area (Å²) in [4.78, 5) is 21.1. The van der Waals surface area contributed by atoms with Crippen LogP contribution in [0, 0.1) is 0 Å². The maximum atomic E-state index is 12.8. The first-order valence-corrected chi connectivity index (χ1v) is 8.21. The van der Waals surface area contributed by atoms with Gasteiger partial charge in [0, 0.05) is 14.1 Å². The van der Waals surface area contributed by atoms with E-state index in [0.29, 0.717) is 0 Å². The number of halogens is 7. The van der Waals surface area contributed by atoms with Gasteiger partial charge in [-0.05, 0) is 6.07 Å². The van der Waals surface area contributed by atoms with E-state index in [1.807, 2.05) is 0 Å². The molecule has 0 aliphatic carbocycles. The quantitative estimate of drug-likeness (QED) is 0.612. The molecule has 3 aromatic rings. The first kappa shape index (κ1) is 21.5. The molecule has 0 saturated carbocycles. The fourth-order valence-electron chi connectivity index (χ4n) is 2.39. The lowest BCUT2D eigenvalue weighted by Crippen LogP contribution is -2.28. The number of nitrogens with zero attached hydrogens (tertiary/aromatic N) is 6. The van der Waals surface area contributed by atoms with E-state index in [1.165, 1.54) is 14.1 Å². The number of hydrogen-bond acceptors (Lipinski definition) is 5. The van der Waals surface area contributed by atoms with Gasteiger partial charge in [-0.3, -0.25) is 19.5 Å². The highest BCUT2D eigenvalue weighted by atomic mass is 35.5. The SMILES string of the molecule is CN(C(=O)c1n[nH]c(C(F)(F)F)c1Cl)c1cnc(-c2cc(C(F)(F)F)nn2C)cn1. The van der Waals surface area contributed by atoms with E-state index in [9.17, 15) is 31.1 Å². The van der Waals surface area contributed by atoms with Crippen LogP contribution in [0.25, 0.3) is 11.4 Å². The molecule has 0 aliphatic rings. The standard InChI is InChI=1S/C15H10ClF6N7O/c1-28(13(30)11-10(16)12(26-25-11)15(20,21)22)9-5-23-6(4-24-9)7-3-8(14(17,18)19)27-29(7)2/h3-5H,1-2H3,(H,25,26). The Hall–Kier alpha value is -3.16. The number of anilines is 1. The minimum Gasteiger partial charge on any atom is -0.293 e. The number of H-pyrrole nitrogens is 1. The molecule has 0 saturated heterocycles. The molecule has 1 N–H and O–H groups in total. The summed E-state index contributed by atoms with van der Waals surface area (Å²) >= 11 is 5.60. The lowest BCUT2D eigenvalue weighted by atomic mass is 10.3. The Balaban J connectivity index is 1.86. The van der Waals surface area contributed by atoms with Gasteiger partial charge in [0.1, 0.15) is 10.7 Å². The van der Waals surface area contributed by atoms with E-state index in [2.05, 4.69) is 20.2 Å². The monoisotopic (exact) mass is 453 g/mol. The zero-order chi connectivity index (χ0) is 22.4. The average Bonchev–Trinajstić information content (AvgIpc) is 3.23. The van der Waals surface area contributed by atoms with Gasteiger partial charge in [0.05, 0.1) is 18.1 Å². The lowest BCUT2D eigenvalue weighted by Gasteiger charge is -2.15. The summed E-state index contributed by atoms with van der Waals surface area (Å²) in [6.07, 6.45) is -7.34. The van der Waals surface area contributed by atoms with Crippen molar-refractivity contribution in [1.29, 1.82) is 0 Å². The molecule has 30 heavy (non-hydrogen) atoms. The van der Waals surface area contributed by atoms with Crippen molar-refractivity contribution in [3.05, 3.63) is 40.6 Å². The van der Waals surface area contributed by atoms with Gasteiger partial charge in [0.15, 0.2) is 22.9 Å². The lowest BCUT2D eigenvalue weighted by molar-refractivity contribution is -0.142. The Morgan fingerprint density at radius 1 is 1.13 bits per heavy atom. The minimum atomic E-state index is -4.83. The topological polar surface area (TPSA) is 92.6 Å². The third-order valence-electron chi connectivity index (χ3n) is 3.91. The van der Waals surface area contributed by atoms with E-state index in [1.54, 1.807) is 5.10 Å². The zero-order valence-corrected chi connectivity index (χ0v) is 15.7. The number of aromatic nitrogens is 6. The molecule has 0 atom stereocenters. The molecule has 0 spiro atoms. The number of nitrogens with one attached hydrogen (secondary N) is 1. The summed E-state index contributed by atoms with van der Waals surface area (Å²) in [5.74, 6) is -1.11. The van der Waals surface area contributed by atoms with Gasteiger partial charge >= 0.3 is 12.4 Å². The predicted molar refractivity (Wildman–Crippen MR) is 90.6 cm³/mol. The van der Waals surface area contributed by atoms with E-state index in [-0.39, 0.29) is 17.2 Å². The number of rotatable bonds is 3. The van der Waals surface area contributed by atoms with Gasteiger partial charge in [-0.1, -0.05) is 11.6 Å². The fraction of sp³-hybridized carbons (Fsp3) is 0.267. The van der Waals surface area contributed by atoms with Crippen molar-refractivity contribution < 1.29 is 31.1 Å². The maximum Gasteiger partial charge on any atom is 0.435 e. The molecular formula is C15H10ClF6N7O. The van der Waals surface area contributed by atoms with Crippen LogP contribution in [0.4, 0.5) is 32.2 Å². The Morgan fingerprint density at radius 3 is 2.27 bits per heavy atom. The number of amides is 1. The summed E-state index contributed by atoms with van der Waals surface area (Å²) < 4.78 is 77.6. The zero-order valence-electron chi connectivity index (χ0n) is 15.0. The molecule has 160 valence electrons. The Kier molecular flexibility index (Phi) is 5.22. The van der Waals surface area contributed by atoms with Crippen molar-refractivity contribution in [2.75, 3.05) is 11.9 Å². The Labute approximate surface area is 168 Å². The van der Waals surface area contributed by atoms with Crippen LogP contribution in [0.1, 0.15) is 21.9 Å². The van der Waals surface area contributed by atoms with Gasteiger partial charge in [-0.25, -0.2) is 9.97 Å². The molecule has 8 nitrogen and oxygen atoms in total. The van der Waals surface area contributed by atoms with Gasteiger partial charge in [-0.2, -0.15) is 36.5 Å². The van der Waals surface area contributed by atoms with Crippen molar-refractivity contribution in [3.8, 4) is 11.4 Å². The largest absolute Gasteiger partial charge is 0.435 e. The highest BCUT2D eigenvalue weighted by Crippen LogP contribution is 2.35. The van der Waals surface area contributed by atoms with Gasteiger partial charge in [0.2, 0.25) is 0 Å². The predicted octanol–water partition coefficient (Wildman–Crippen LogP) is 3.57. The number of carbonyl (C=O) groups is 1. The van der Waals surface area contributed by atoms with Crippen LogP contribution in [0.2, 0.25) is 5.02 Å². The first-order valence-electron chi connectivity index (χ1n) is 7.83. The number of aromatic amines is 1. The molecule has 0 aromatic carbocycles. The van der Waals surface area contributed by atoms with Crippen LogP contribution < -0.4 is 4.90 Å². The number of carbonyl (C=O) groups excluding carboxylic acids is 1. The second-order valence-corrected chi connectivity index (χ2v) is 6.30. The molecular weight excluding hydrogens is 444 g/mol. The molecule has 3 aromatic heterocycles. The first-order chi connectivity index (χ1) is 13.8. The van der Waals surface area contributed by atoms with Crippen molar-refractivity contribution in [2.45, 2.75) is 12.4 Å². The number of hydrogen-bond donors (Lipinski definition) is 1. The molecule has 0 radical (unpaired) electrons. The normalized spacial score (nSPS) is 12.3. The minimum absolute atomic E-state index is 0.0144. The number of aryl methyl sites for hydroxylation is 1. The van der Waals surface area contributed by atoms with Crippen molar-refractivity contribution >= 4 is 23.3 Å². The maximum absolute atomic E-state index is 12.8. The van der Waals surface area contributed by atoms with Crippen molar-refractivity contribution in [2.24, 2.45) is 7.05 Å². The van der Waals surface area contributed by atoms with Crippen LogP contribution in [0.5, 0.6) is 0 Å². The highest BCUT2D eigenvalue weighted by molar-refractivity contribution is 6.34. The molecule has 0 unspecified atom stereocenters. The van der Waals surface area contributed by atoms with E-state index in [0.717, 1.165) is 28.0 Å². The highest BCUT2D eigenvalue weighted by Gasteiger charge is 2.39. The van der Waals surface area contributed by atoms with Gasteiger partial charge in [-0.15, -0.1) is 0 Å². The smallest absolute Gasteiger partial charge is 0.293 e. The molecule has 15 heteroatoms. The molecule has 0 fully saturated rings. The second-order valence-electron chi connectivity index (χ2n) is 5.92. The third kappa shape index (κ3) is 3.94. The van der Waals surface area contributed by atoms with Gasteiger partial charge in [0.25, 0.3) is 5.91 Å². The van der Waals surface area contributed by atoms with E-state index >= 15 is 0 Å². The Morgan fingerprint density at radius 2 is 1.80 bits per heavy atom. The van der Waals surface area contributed by atoms with E-state index < -0.39 is 40.4 Å². The van der Waals surface area contributed by atoms with Crippen LogP contribution in [0.3, 0.4) is 0 Å². The summed E-state index contributed by atoms with van der Waals surface area (Å²) in [6.45, 7) is 0. The summed E-state index contributed by atoms with van der Waals surface area (Å²) in [5, 5.41) is 7.41. The van der Waals surface area contributed by atoms with Crippen LogP contribution in [-0.2, 0) is 19.4 Å². The van der Waals surface area contributed by atoms with Crippen LogP contribution in [-0.4, -0.2) is 42.9 Å². The van der Waals surface area contributed by atoms with Gasteiger partial charge < -0.3 is 0 Å². The molecule has 3 rings (SSSR count). The van der Waals surface area contributed by atoms with Crippen molar-refractivity contribution in [1.82, 2.24) is 29.9 Å². The van der Waals surface area contributed by atoms with Crippen molar-refractivity contribution in [3.63, 3.8) is 0 Å². The second kappa shape index (κ2) is 7.27. The number of alkyl halides is 6. The average molecular weight is 454 g/mol. The third-order valence-corrected chi connectivity index (χ3v) is 4.28. The van der Waals surface area contributed by atoms with Crippen LogP contribution in [0.15, 0.2) is 18.5 Å². The molecule has 0 bridgehead atoms. The van der Waals surface area contributed by atoms with Crippen LogP contribution >= 0.6 is 11.6 Å². The molecule has 0 aliphatic heterocycles. The summed E-state index contributed by atoms with van der Waals surface area (Å²) in [7, 11) is 2.48. The Bertz CT molecular complexity index is 1090. The van der Waals surface area contributed by atoms with E-state index in [4.69, 9.17) is 11.6 Å². The fourth-order valence-corrected chi connectivity index (χ4v) is 2.67.